The van der Waals surface area contributed by atoms with Crippen LogP contribution in [-0.4, -0.2) is 0 Å². The van der Waals surface area contributed by atoms with Gasteiger partial charge in [0, 0.05) is 15.3 Å². The summed E-state index contributed by atoms with van der Waals surface area (Å²) in [5, 5.41) is 24.0. The lowest BCUT2D eigenvalue weighted by Crippen LogP contribution is -1.78. The van der Waals surface area contributed by atoms with E-state index < -0.39 is 0 Å². The molecule has 5 heteroatoms. The molecule has 0 aliphatic heterocycles. The van der Waals surface area contributed by atoms with Crippen LogP contribution in [0.15, 0.2) is 46.0 Å². The Balaban J connectivity index is 2.11. The van der Waals surface area contributed by atoms with Crippen molar-refractivity contribution >= 4 is 40.1 Å². The molecule has 0 atom stereocenters. The molecule has 0 saturated heterocycles. The molecule has 0 saturated carbocycles. The van der Waals surface area contributed by atoms with Crippen LogP contribution in [0.5, 0.6) is 0 Å². The molecule has 0 unspecified atom stereocenters. The first kappa shape index (κ1) is 13.8. The predicted molar refractivity (Wildman–Crippen MR) is 90.1 cm³/mol. The van der Waals surface area contributed by atoms with Gasteiger partial charge >= 0.3 is 0 Å². The van der Waals surface area contributed by atoms with E-state index in [0.717, 1.165) is 10.4 Å². The fourth-order valence-electron chi connectivity index (χ4n) is 1.98. The van der Waals surface area contributed by atoms with Crippen LogP contribution in [0.1, 0.15) is 5.56 Å². The zero-order chi connectivity index (χ0) is 14.7. The smallest absolute Gasteiger partial charge is 0.130 e. The van der Waals surface area contributed by atoms with Gasteiger partial charge in [0.25, 0.3) is 0 Å². The lowest BCUT2D eigenvalue weighted by Gasteiger charge is -2.01. The fraction of sp³-hybridized carbons (Fsp3) is 0. The minimum absolute atomic E-state index is 0.127. The summed E-state index contributed by atoms with van der Waals surface area (Å²) in [5.41, 5.74) is 2.22. The predicted octanol–water partition coefficient (Wildman–Crippen LogP) is 5.64. The Morgan fingerprint density at radius 1 is 0.905 bits per heavy atom. The topological polar surface area (TPSA) is 47.6 Å². The van der Waals surface area contributed by atoms with E-state index in [1.165, 1.54) is 15.3 Å². The minimum atomic E-state index is 0.127. The van der Waals surface area contributed by atoms with Gasteiger partial charge < -0.3 is 0 Å². The van der Waals surface area contributed by atoms with Crippen LogP contribution in [0.2, 0.25) is 0 Å². The second-order valence-corrected chi connectivity index (χ2v) is 6.91. The molecule has 0 aliphatic rings. The van der Waals surface area contributed by atoms with Crippen LogP contribution >= 0.6 is 34.0 Å². The van der Waals surface area contributed by atoms with Crippen molar-refractivity contribution in [3.63, 3.8) is 0 Å². The SMILES string of the molecule is N#CC(C#N)=Cc1ccsc1-c1ccsc1-c1cccs1. The maximum absolute atomic E-state index is 8.92. The lowest BCUT2D eigenvalue weighted by atomic mass is 10.1. The summed E-state index contributed by atoms with van der Waals surface area (Å²) in [6.45, 7) is 0. The van der Waals surface area contributed by atoms with Gasteiger partial charge in [-0.3, -0.25) is 0 Å². The second kappa shape index (κ2) is 6.07. The molecule has 0 aliphatic carbocycles. The molecular weight excluding hydrogens is 316 g/mol. The quantitative estimate of drug-likeness (QED) is 0.586. The molecule has 0 N–H and O–H groups in total. The van der Waals surface area contributed by atoms with Crippen molar-refractivity contribution in [2.75, 3.05) is 0 Å². The zero-order valence-corrected chi connectivity index (χ0v) is 13.2. The number of rotatable bonds is 3. The third kappa shape index (κ3) is 2.68. The average molecular weight is 324 g/mol. The van der Waals surface area contributed by atoms with Crippen molar-refractivity contribution < 1.29 is 0 Å². The Hall–Kier alpha value is -2.18. The van der Waals surface area contributed by atoms with Gasteiger partial charge in [0.2, 0.25) is 0 Å². The van der Waals surface area contributed by atoms with Crippen molar-refractivity contribution in [3.8, 4) is 32.3 Å². The summed E-state index contributed by atoms with van der Waals surface area (Å²) >= 11 is 5.06. The molecule has 3 rings (SSSR count). The van der Waals surface area contributed by atoms with E-state index in [0.29, 0.717) is 0 Å². The van der Waals surface area contributed by atoms with Gasteiger partial charge in [0.15, 0.2) is 0 Å². The number of nitrogens with zero attached hydrogens (tertiary/aromatic N) is 2. The summed E-state index contributed by atoms with van der Waals surface area (Å²) in [6, 6.07) is 12.0. The third-order valence-electron chi connectivity index (χ3n) is 2.89. The Kier molecular flexibility index (Phi) is 3.98. The zero-order valence-electron chi connectivity index (χ0n) is 10.7. The maximum Gasteiger partial charge on any atom is 0.130 e. The Morgan fingerprint density at radius 2 is 1.67 bits per heavy atom. The summed E-state index contributed by atoms with van der Waals surface area (Å²) in [6.07, 6.45) is 1.65. The number of thiophene rings is 3. The molecule has 100 valence electrons. The second-order valence-electron chi connectivity index (χ2n) is 4.13. The molecule has 3 aromatic heterocycles. The summed E-state index contributed by atoms with van der Waals surface area (Å²) in [7, 11) is 0. The van der Waals surface area contributed by atoms with Gasteiger partial charge in [-0.15, -0.1) is 34.0 Å². The molecule has 21 heavy (non-hydrogen) atoms. The van der Waals surface area contributed by atoms with Gasteiger partial charge in [-0.1, -0.05) is 6.07 Å². The van der Waals surface area contributed by atoms with E-state index in [-0.39, 0.29) is 5.57 Å². The molecule has 0 spiro atoms. The lowest BCUT2D eigenvalue weighted by molar-refractivity contribution is 1.47. The van der Waals surface area contributed by atoms with E-state index in [2.05, 4.69) is 22.9 Å². The molecule has 3 heterocycles. The fourth-order valence-corrected chi connectivity index (χ4v) is 4.75. The first-order chi connectivity index (χ1) is 10.3. The van der Waals surface area contributed by atoms with Crippen LogP contribution in [0.25, 0.3) is 26.3 Å². The first-order valence-corrected chi connectivity index (χ1v) is 8.68. The normalized spacial score (nSPS) is 9.81. The van der Waals surface area contributed by atoms with Gasteiger partial charge in [-0.2, -0.15) is 10.5 Å². The molecule has 0 amide bonds. The van der Waals surface area contributed by atoms with Gasteiger partial charge in [-0.25, -0.2) is 0 Å². The third-order valence-corrected chi connectivity index (χ3v) is 5.82. The number of nitriles is 2. The summed E-state index contributed by atoms with van der Waals surface area (Å²) in [4.78, 5) is 3.57. The van der Waals surface area contributed by atoms with Crippen LogP contribution in [0.3, 0.4) is 0 Å². The number of hydrogen-bond acceptors (Lipinski definition) is 5. The monoisotopic (exact) mass is 324 g/mol. The molecule has 0 fully saturated rings. The number of hydrogen-bond donors (Lipinski definition) is 0. The highest BCUT2D eigenvalue weighted by Crippen LogP contribution is 2.42. The standard InChI is InChI=1S/C16H8N2S3/c17-9-11(10-18)8-12-3-6-20-15(12)13-4-7-21-16(13)14-2-1-5-19-14/h1-8H. The molecule has 0 radical (unpaired) electrons. The average Bonchev–Trinajstić information content (AvgIpc) is 3.22. The van der Waals surface area contributed by atoms with E-state index in [1.807, 2.05) is 29.7 Å². The Bertz CT molecular complexity index is 851. The van der Waals surface area contributed by atoms with Crippen LogP contribution < -0.4 is 0 Å². The van der Waals surface area contributed by atoms with Crippen molar-refractivity contribution in [3.05, 3.63) is 51.5 Å². The first-order valence-electron chi connectivity index (χ1n) is 6.04. The van der Waals surface area contributed by atoms with Crippen LogP contribution in [0.4, 0.5) is 0 Å². The molecule has 2 nitrogen and oxygen atoms in total. The molecular formula is C16H8N2S3. The highest BCUT2D eigenvalue weighted by atomic mass is 32.1. The van der Waals surface area contributed by atoms with E-state index in [9.17, 15) is 0 Å². The van der Waals surface area contributed by atoms with Crippen LogP contribution in [-0.2, 0) is 0 Å². The molecule has 0 aromatic carbocycles. The van der Waals surface area contributed by atoms with Gasteiger partial charge in [0.1, 0.15) is 17.7 Å². The highest BCUT2D eigenvalue weighted by Gasteiger charge is 2.14. The molecule has 3 aromatic rings. The Labute approximate surface area is 134 Å². The minimum Gasteiger partial charge on any atom is -0.192 e. The van der Waals surface area contributed by atoms with Crippen molar-refractivity contribution in [2.24, 2.45) is 0 Å². The highest BCUT2D eigenvalue weighted by molar-refractivity contribution is 7.21. The van der Waals surface area contributed by atoms with Crippen LogP contribution in [0, 0.1) is 22.7 Å². The maximum atomic E-state index is 8.92. The van der Waals surface area contributed by atoms with E-state index in [4.69, 9.17) is 10.5 Å². The summed E-state index contributed by atoms with van der Waals surface area (Å²) in [5.74, 6) is 0. The van der Waals surface area contributed by atoms with Gasteiger partial charge in [-0.05, 0) is 46.0 Å². The van der Waals surface area contributed by atoms with E-state index >= 15 is 0 Å². The van der Waals surface area contributed by atoms with Crippen molar-refractivity contribution in [2.45, 2.75) is 0 Å². The van der Waals surface area contributed by atoms with Gasteiger partial charge in [0.05, 0.1) is 4.88 Å². The summed E-state index contributed by atoms with van der Waals surface area (Å²) < 4.78 is 0. The van der Waals surface area contributed by atoms with Crippen molar-refractivity contribution in [1.82, 2.24) is 0 Å². The van der Waals surface area contributed by atoms with E-state index in [1.54, 1.807) is 40.1 Å². The largest absolute Gasteiger partial charge is 0.192 e. The number of allylic oxidation sites excluding steroid dienone is 1. The Morgan fingerprint density at radius 3 is 2.38 bits per heavy atom. The van der Waals surface area contributed by atoms with Crippen molar-refractivity contribution in [1.29, 1.82) is 10.5 Å². The molecule has 0 bridgehead atoms.